The summed E-state index contributed by atoms with van der Waals surface area (Å²) < 4.78 is 39.4. The molecule has 1 aliphatic carbocycles. The number of aromatic nitrogens is 2. The number of rotatable bonds is 4. The van der Waals surface area contributed by atoms with Crippen LogP contribution in [0.15, 0.2) is 54.8 Å². The van der Waals surface area contributed by atoms with Crippen molar-refractivity contribution in [2.75, 3.05) is 0 Å². The van der Waals surface area contributed by atoms with Gasteiger partial charge < -0.3 is 0 Å². The van der Waals surface area contributed by atoms with E-state index in [-0.39, 0.29) is 0 Å². The minimum absolute atomic E-state index is 0.479. The Morgan fingerprint density at radius 1 is 1.23 bits per heavy atom. The highest BCUT2D eigenvalue weighted by atomic mass is 19.4. The first-order valence-electron chi connectivity index (χ1n) is 8.95. The lowest BCUT2D eigenvalue weighted by Gasteiger charge is -2.21. The zero-order valence-electron chi connectivity index (χ0n) is 14.9. The molecule has 0 aliphatic heterocycles. The largest absolute Gasteiger partial charge is 0.415 e. The van der Waals surface area contributed by atoms with Gasteiger partial charge in [0.15, 0.2) is 0 Å². The molecule has 1 aliphatic rings. The van der Waals surface area contributed by atoms with Crippen molar-refractivity contribution in [1.82, 2.24) is 9.78 Å². The van der Waals surface area contributed by atoms with Crippen molar-refractivity contribution < 1.29 is 13.2 Å². The van der Waals surface area contributed by atoms with Crippen LogP contribution in [0, 0.1) is 0 Å². The van der Waals surface area contributed by atoms with Crippen molar-refractivity contribution in [3.8, 4) is 0 Å². The van der Waals surface area contributed by atoms with Crippen molar-refractivity contribution in [3.63, 3.8) is 0 Å². The normalized spacial score (nSPS) is 17.3. The molecule has 0 N–H and O–H groups in total. The summed E-state index contributed by atoms with van der Waals surface area (Å²) in [7, 11) is 0. The molecule has 0 amide bonds. The van der Waals surface area contributed by atoms with Crippen LogP contribution < -0.4 is 0 Å². The Morgan fingerprint density at radius 2 is 1.96 bits per heavy atom. The zero-order chi connectivity index (χ0) is 18.7. The van der Waals surface area contributed by atoms with Crippen LogP contribution in [-0.2, 0) is 0 Å². The number of benzene rings is 1. The van der Waals surface area contributed by atoms with Gasteiger partial charge in [0, 0.05) is 17.2 Å². The molecule has 2 nitrogen and oxygen atoms in total. The zero-order valence-corrected chi connectivity index (χ0v) is 14.9. The van der Waals surface area contributed by atoms with Gasteiger partial charge in [-0.2, -0.15) is 18.3 Å². The van der Waals surface area contributed by atoms with Gasteiger partial charge in [0.05, 0.1) is 11.6 Å². The van der Waals surface area contributed by atoms with Gasteiger partial charge in [-0.25, -0.2) is 0 Å². The van der Waals surface area contributed by atoms with E-state index in [2.05, 4.69) is 17.5 Å². The summed E-state index contributed by atoms with van der Waals surface area (Å²) in [4.78, 5) is 0. The first-order chi connectivity index (χ1) is 12.3. The van der Waals surface area contributed by atoms with Gasteiger partial charge in [0.1, 0.15) is 0 Å². The monoisotopic (exact) mass is 360 g/mol. The molecule has 0 bridgehead atoms. The highest BCUT2D eigenvalue weighted by Gasteiger charge is 2.29. The third-order valence-electron chi connectivity index (χ3n) is 4.93. The summed E-state index contributed by atoms with van der Waals surface area (Å²) in [6, 6.07) is 6.45. The van der Waals surface area contributed by atoms with E-state index in [1.807, 2.05) is 25.1 Å². The summed E-state index contributed by atoms with van der Waals surface area (Å²) in [6.45, 7) is 4.91. The lowest BCUT2D eigenvalue weighted by atomic mass is 9.96. The number of allylic oxidation sites excluding steroid dienone is 5. The molecule has 0 radical (unpaired) electrons. The summed E-state index contributed by atoms with van der Waals surface area (Å²) in [5.41, 5.74) is 1.96. The number of hydrogen-bond acceptors (Lipinski definition) is 1. The van der Waals surface area contributed by atoms with Gasteiger partial charge in [-0.1, -0.05) is 50.1 Å². The Morgan fingerprint density at radius 3 is 2.65 bits per heavy atom. The lowest BCUT2D eigenvalue weighted by molar-refractivity contribution is -0.0878. The Labute approximate surface area is 151 Å². The van der Waals surface area contributed by atoms with Gasteiger partial charge in [-0.05, 0) is 43.0 Å². The van der Waals surface area contributed by atoms with E-state index in [1.54, 1.807) is 6.08 Å². The maximum atomic E-state index is 12.4. The second-order valence-electron chi connectivity index (χ2n) is 6.91. The number of fused-ring (bicyclic) bond motifs is 1. The molecule has 5 heteroatoms. The second kappa shape index (κ2) is 7.52. The maximum Gasteiger partial charge on any atom is 0.415 e. The molecule has 138 valence electrons. The molecule has 0 spiro atoms. The van der Waals surface area contributed by atoms with Gasteiger partial charge in [0.2, 0.25) is 0 Å². The van der Waals surface area contributed by atoms with Crippen molar-refractivity contribution in [3.05, 3.63) is 60.3 Å². The van der Waals surface area contributed by atoms with Gasteiger partial charge in [0.25, 0.3) is 0 Å². The standard InChI is InChI=1S/C21H23F3N2/c1-15(7-6-8-16(2)21(22,23)24)17-11-12-20-18(13-17)14-26(25-20)19-9-4-3-5-10-19/h6-8,11-14,19H,2-5,9-10H2,1H3/b8-6-,15-7+. The number of nitrogens with zero attached hydrogens (tertiary/aromatic N) is 2. The molecule has 1 heterocycles. The first-order valence-corrected chi connectivity index (χ1v) is 8.95. The number of hydrogen-bond donors (Lipinski definition) is 0. The smallest absolute Gasteiger partial charge is 0.268 e. The Kier molecular flexibility index (Phi) is 5.35. The van der Waals surface area contributed by atoms with Gasteiger partial charge >= 0.3 is 6.18 Å². The van der Waals surface area contributed by atoms with E-state index in [1.165, 1.54) is 38.2 Å². The van der Waals surface area contributed by atoms with Crippen LogP contribution in [0.2, 0.25) is 0 Å². The van der Waals surface area contributed by atoms with E-state index in [4.69, 9.17) is 5.10 Å². The predicted molar refractivity (Wildman–Crippen MR) is 99.8 cm³/mol. The summed E-state index contributed by atoms with van der Waals surface area (Å²) >= 11 is 0. The Balaban J connectivity index is 1.78. The number of alkyl halides is 3. The minimum atomic E-state index is -4.38. The Hall–Kier alpha value is -2.30. The molecular weight excluding hydrogens is 337 g/mol. The molecule has 1 saturated carbocycles. The highest BCUT2D eigenvalue weighted by Crippen LogP contribution is 2.30. The third-order valence-corrected chi connectivity index (χ3v) is 4.93. The van der Waals surface area contributed by atoms with Gasteiger partial charge in [-0.15, -0.1) is 0 Å². The van der Waals surface area contributed by atoms with Crippen LogP contribution in [0.5, 0.6) is 0 Å². The SMILES string of the molecule is C=C(/C=C\C=C(/C)c1ccc2nn(C3CCCCC3)cc2c1)C(F)(F)F. The fraction of sp³-hybridized carbons (Fsp3) is 0.381. The summed E-state index contributed by atoms with van der Waals surface area (Å²) in [6.07, 6.45) is 7.91. The fourth-order valence-electron chi connectivity index (χ4n) is 3.32. The highest BCUT2D eigenvalue weighted by molar-refractivity contribution is 5.83. The average molecular weight is 360 g/mol. The predicted octanol–water partition coefficient (Wildman–Crippen LogP) is 6.62. The van der Waals surface area contributed by atoms with E-state index >= 15 is 0 Å². The van der Waals surface area contributed by atoms with E-state index in [9.17, 15) is 13.2 Å². The summed E-state index contributed by atoms with van der Waals surface area (Å²) in [5, 5.41) is 5.76. The molecule has 2 aromatic rings. The van der Waals surface area contributed by atoms with Crippen LogP contribution in [0.4, 0.5) is 13.2 Å². The molecule has 0 saturated heterocycles. The Bertz CT molecular complexity index is 850. The van der Waals surface area contributed by atoms with Crippen LogP contribution in [-0.4, -0.2) is 16.0 Å². The molecule has 1 aromatic carbocycles. The number of halogens is 3. The first kappa shape index (κ1) is 18.5. The average Bonchev–Trinajstić information content (AvgIpc) is 3.04. The molecule has 0 unspecified atom stereocenters. The fourth-order valence-corrected chi connectivity index (χ4v) is 3.32. The van der Waals surface area contributed by atoms with Crippen LogP contribution in [0.3, 0.4) is 0 Å². The van der Waals surface area contributed by atoms with E-state index < -0.39 is 11.7 Å². The van der Waals surface area contributed by atoms with Crippen molar-refractivity contribution in [2.24, 2.45) is 0 Å². The molecular formula is C21H23F3N2. The van der Waals surface area contributed by atoms with Crippen LogP contribution >= 0.6 is 0 Å². The van der Waals surface area contributed by atoms with Crippen molar-refractivity contribution in [1.29, 1.82) is 0 Å². The molecule has 1 fully saturated rings. The molecule has 3 rings (SSSR count). The van der Waals surface area contributed by atoms with E-state index in [0.717, 1.165) is 28.1 Å². The van der Waals surface area contributed by atoms with Crippen LogP contribution in [0.1, 0.15) is 50.6 Å². The van der Waals surface area contributed by atoms with E-state index in [0.29, 0.717) is 6.04 Å². The molecule has 1 aromatic heterocycles. The molecule has 26 heavy (non-hydrogen) atoms. The summed E-state index contributed by atoms with van der Waals surface area (Å²) in [5.74, 6) is 0. The van der Waals surface area contributed by atoms with Crippen molar-refractivity contribution >= 4 is 16.5 Å². The van der Waals surface area contributed by atoms with Gasteiger partial charge in [-0.3, -0.25) is 4.68 Å². The second-order valence-corrected chi connectivity index (χ2v) is 6.91. The lowest BCUT2D eigenvalue weighted by Crippen LogP contribution is -2.12. The maximum absolute atomic E-state index is 12.4. The third kappa shape index (κ3) is 4.26. The quantitative estimate of drug-likeness (QED) is 0.560. The molecule has 0 atom stereocenters. The van der Waals surface area contributed by atoms with Crippen molar-refractivity contribution in [2.45, 2.75) is 51.2 Å². The minimum Gasteiger partial charge on any atom is -0.268 e. The van der Waals surface area contributed by atoms with Crippen LogP contribution in [0.25, 0.3) is 16.5 Å². The topological polar surface area (TPSA) is 17.8 Å².